The summed E-state index contributed by atoms with van der Waals surface area (Å²) in [4.78, 5) is 0. The summed E-state index contributed by atoms with van der Waals surface area (Å²) in [5.74, 6) is 1.57. The molecule has 0 heterocycles. The van der Waals surface area contributed by atoms with Crippen LogP contribution in [0.4, 0.5) is 0 Å². The van der Waals surface area contributed by atoms with Gasteiger partial charge in [-0.15, -0.1) is 0 Å². The summed E-state index contributed by atoms with van der Waals surface area (Å²) in [7, 11) is -1.35. The molecule has 4 aromatic carbocycles. The lowest BCUT2D eigenvalue weighted by molar-refractivity contribution is 0.502. The molecule has 0 radical (unpaired) electrons. The molecule has 0 amide bonds. The van der Waals surface area contributed by atoms with E-state index < -0.39 is 8.38 Å². The molecule has 0 aliphatic rings. The van der Waals surface area contributed by atoms with Crippen LogP contribution in [0.25, 0.3) is 10.8 Å². The molecule has 128 valence electrons. The first-order valence-electron chi connectivity index (χ1n) is 8.25. The predicted molar refractivity (Wildman–Crippen MR) is 112 cm³/mol. The fraction of sp³-hybridized carbons (Fsp3) is 0. The van der Waals surface area contributed by atoms with Gasteiger partial charge in [0.15, 0.2) is 0 Å². The Bertz CT molecular complexity index is 965. The van der Waals surface area contributed by atoms with E-state index >= 15 is 0 Å². The minimum atomic E-state index is -1.35. The van der Waals surface area contributed by atoms with Gasteiger partial charge in [-0.3, -0.25) is 0 Å². The summed E-state index contributed by atoms with van der Waals surface area (Å²) in [6, 6.07) is 32.0. The third-order valence-corrected chi connectivity index (χ3v) is 6.58. The van der Waals surface area contributed by atoms with Crippen molar-refractivity contribution in [2.75, 3.05) is 0 Å². The van der Waals surface area contributed by atoms with Crippen LogP contribution in [0.3, 0.4) is 0 Å². The normalized spacial score (nSPS) is 10.8. The maximum Gasteiger partial charge on any atom is 0.327 e. The van der Waals surface area contributed by atoms with Gasteiger partial charge in [-0.1, -0.05) is 66.7 Å². The summed E-state index contributed by atoms with van der Waals surface area (Å²) in [5, 5.41) is 3.33. The average molecular weight is 423 g/mol. The third kappa shape index (κ3) is 3.75. The number of hydrogen-bond donors (Lipinski definition) is 0. The minimum Gasteiger partial charge on any atom is -0.435 e. The van der Waals surface area contributed by atoms with Crippen LogP contribution in [-0.4, -0.2) is 0 Å². The van der Waals surface area contributed by atoms with E-state index in [4.69, 9.17) is 9.05 Å². The van der Waals surface area contributed by atoms with Crippen LogP contribution < -0.4 is 14.4 Å². The van der Waals surface area contributed by atoms with Crippen molar-refractivity contribution in [2.45, 2.75) is 0 Å². The molecule has 0 saturated heterocycles. The number of para-hydroxylation sites is 2. The van der Waals surface area contributed by atoms with E-state index in [1.165, 1.54) is 5.39 Å². The molecule has 4 aromatic rings. The van der Waals surface area contributed by atoms with Crippen molar-refractivity contribution in [3.63, 3.8) is 0 Å². The minimum absolute atomic E-state index is 0.787. The molecule has 0 aromatic heterocycles. The second-order valence-corrected chi connectivity index (χ2v) is 7.84. The Labute approximate surface area is 162 Å². The van der Waals surface area contributed by atoms with Gasteiger partial charge >= 0.3 is 8.38 Å². The van der Waals surface area contributed by atoms with Crippen LogP contribution in [0.2, 0.25) is 0 Å². The molecule has 4 rings (SSSR count). The van der Waals surface area contributed by atoms with Crippen LogP contribution in [0.15, 0.2) is 102 Å². The first-order valence-corrected chi connectivity index (χ1v) is 10.2. The molecule has 0 spiro atoms. The second kappa shape index (κ2) is 7.90. The van der Waals surface area contributed by atoms with Crippen molar-refractivity contribution < 1.29 is 9.05 Å². The zero-order chi connectivity index (χ0) is 17.8. The molecule has 2 nitrogen and oxygen atoms in total. The van der Waals surface area contributed by atoms with Crippen molar-refractivity contribution in [1.82, 2.24) is 0 Å². The molecule has 0 aliphatic carbocycles. The molecular weight excluding hydrogens is 407 g/mol. The molecule has 26 heavy (non-hydrogen) atoms. The van der Waals surface area contributed by atoms with Crippen LogP contribution in [0.1, 0.15) is 0 Å². The lowest BCUT2D eigenvalue weighted by atomic mass is 10.1. The van der Waals surface area contributed by atoms with Crippen LogP contribution >= 0.6 is 24.3 Å². The molecule has 0 saturated carbocycles. The monoisotopic (exact) mass is 422 g/mol. The molecule has 0 fully saturated rings. The van der Waals surface area contributed by atoms with Crippen molar-refractivity contribution in [3.05, 3.63) is 102 Å². The maximum atomic E-state index is 6.25. The Morgan fingerprint density at radius 2 is 1.12 bits per heavy atom. The van der Waals surface area contributed by atoms with E-state index in [-0.39, 0.29) is 0 Å². The van der Waals surface area contributed by atoms with Crippen LogP contribution in [0, 0.1) is 0 Å². The Kier molecular flexibility index (Phi) is 5.19. The van der Waals surface area contributed by atoms with Crippen molar-refractivity contribution >= 4 is 40.4 Å². The standard InChI is InChI=1S/C22H16BrO2P/c23-22-20-14-8-7-9-17(20)15-16-21(22)26(24-18-10-3-1-4-11-18)25-19-12-5-2-6-13-19/h1-16H. The number of rotatable bonds is 5. The summed E-state index contributed by atoms with van der Waals surface area (Å²) in [6.45, 7) is 0. The molecule has 0 bridgehead atoms. The molecule has 0 N–H and O–H groups in total. The van der Waals surface area contributed by atoms with Gasteiger partial charge in [0.05, 0.1) is 5.30 Å². The average Bonchev–Trinajstić information content (AvgIpc) is 2.70. The van der Waals surface area contributed by atoms with Gasteiger partial charge < -0.3 is 9.05 Å². The Balaban J connectivity index is 1.75. The highest BCUT2D eigenvalue weighted by Crippen LogP contribution is 2.42. The lowest BCUT2D eigenvalue weighted by Crippen LogP contribution is -2.12. The van der Waals surface area contributed by atoms with Crippen molar-refractivity contribution in [3.8, 4) is 11.5 Å². The van der Waals surface area contributed by atoms with E-state index in [0.717, 1.165) is 26.7 Å². The van der Waals surface area contributed by atoms with Crippen LogP contribution in [0.5, 0.6) is 11.5 Å². The summed E-state index contributed by atoms with van der Waals surface area (Å²) in [5.41, 5.74) is 0. The van der Waals surface area contributed by atoms with Gasteiger partial charge in [0, 0.05) is 4.47 Å². The molecule has 0 atom stereocenters. The van der Waals surface area contributed by atoms with E-state index in [9.17, 15) is 0 Å². The first kappa shape index (κ1) is 17.1. The Morgan fingerprint density at radius 3 is 1.73 bits per heavy atom. The van der Waals surface area contributed by atoms with Gasteiger partial charge in [0.2, 0.25) is 0 Å². The zero-order valence-corrected chi connectivity index (χ0v) is 16.4. The fourth-order valence-electron chi connectivity index (χ4n) is 2.63. The van der Waals surface area contributed by atoms with E-state index in [1.54, 1.807) is 0 Å². The number of fused-ring (bicyclic) bond motifs is 1. The van der Waals surface area contributed by atoms with Gasteiger partial charge in [0.1, 0.15) is 11.5 Å². The fourth-order valence-corrected chi connectivity index (χ4v) is 4.90. The van der Waals surface area contributed by atoms with E-state index in [2.05, 4.69) is 40.2 Å². The smallest absolute Gasteiger partial charge is 0.327 e. The topological polar surface area (TPSA) is 18.5 Å². The molecule has 4 heteroatoms. The quantitative estimate of drug-likeness (QED) is 0.333. The highest BCUT2D eigenvalue weighted by molar-refractivity contribution is 9.10. The highest BCUT2D eigenvalue weighted by atomic mass is 79.9. The lowest BCUT2D eigenvalue weighted by Gasteiger charge is -2.20. The SMILES string of the molecule is Brc1c(P(Oc2ccccc2)Oc2ccccc2)ccc2ccccc12. The van der Waals surface area contributed by atoms with Gasteiger partial charge in [-0.2, -0.15) is 0 Å². The summed E-state index contributed by atoms with van der Waals surface area (Å²) < 4.78 is 13.5. The van der Waals surface area contributed by atoms with E-state index in [1.807, 2.05) is 72.8 Å². The van der Waals surface area contributed by atoms with Gasteiger partial charge in [0.25, 0.3) is 0 Å². The Morgan fingerprint density at radius 1 is 0.577 bits per heavy atom. The number of halogens is 1. The summed E-state index contributed by atoms with van der Waals surface area (Å²) in [6.07, 6.45) is 0. The van der Waals surface area contributed by atoms with Gasteiger partial charge in [-0.05, 0) is 57.0 Å². The molecule has 0 unspecified atom stereocenters. The third-order valence-electron chi connectivity index (χ3n) is 3.90. The number of benzene rings is 4. The zero-order valence-electron chi connectivity index (χ0n) is 13.9. The predicted octanol–water partition coefficient (Wildman–Crippen LogP) is 6.70. The van der Waals surface area contributed by atoms with Gasteiger partial charge in [-0.25, -0.2) is 0 Å². The first-order chi connectivity index (χ1) is 12.8. The number of hydrogen-bond acceptors (Lipinski definition) is 2. The maximum absolute atomic E-state index is 6.25. The molecule has 0 aliphatic heterocycles. The van der Waals surface area contributed by atoms with E-state index in [0.29, 0.717) is 0 Å². The van der Waals surface area contributed by atoms with Crippen LogP contribution in [-0.2, 0) is 0 Å². The largest absolute Gasteiger partial charge is 0.435 e. The van der Waals surface area contributed by atoms with Crippen molar-refractivity contribution in [1.29, 1.82) is 0 Å². The highest BCUT2D eigenvalue weighted by Gasteiger charge is 2.22. The second-order valence-electron chi connectivity index (χ2n) is 5.69. The summed E-state index contributed by atoms with van der Waals surface area (Å²) >= 11 is 3.77. The molecular formula is C22H16BrO2P. The van der Waals surface area contributed by atoms with Crippen molar-refractivity contribution in [2.24, 2.45) is 0 Å². The Hall–Kier alpha value is -2.35.